The van der Waals surface area contributed by atoms with E-state index < -0.39 is 0 Å². The zero-order chi connectivity index (χ0) is 21.5. The van der Waals surface area contributed by atoms with Crippen LogP contribution in [0, 0.1) is 26.7 Å². The molecule has 1 fully saturated rings. The zero-order valence-corrected chi connectivity index (χ0v) is 19.3. The summed E-state index contributed by atoms with van der Waals surface area (Å²) in [7, 11) is 0. The number of likely N-dealkylation sites (tertiary alicyclic amines) is 1. The van der Waals surface area contributed by atoms with Gasteiger partial charge in [0.05, 0.1) is 0 Å². The molecule has 0 N–H and O–H groups in total. The number of carbonyl (C=O) groups is 1. The fourth-order valence-corrected chi connectivity index (χ4v) is 5.45. The van der Waals surface area contributed by atoms with Gasteiger partial charge < -0.3 is 4.90 Å². The van der Waals surface area contributed by atoms with E-state index in [1.165, 1.54) is 27.8 Å². The number of anilines is 1. The molecule has 0 saturated carbocycles. The minimum Gasteiger partial charge on any atom is -0.311 e. The number of rotatable bonds is 4. The Hall–Kier alpha value is -2.13. The lowest BCUT2D eigenvalue weighted by molar-refractivity contribution is -0.119. The quantitative estimate of drug-likeness (QED) is 0.668. The first kappa shape index (κ1) is 21.1. The molecule has 2 heterocycles. The molecule has 3 nitrogen and oxygen atoms in total. The number of hydrogen-bond acceptors (Lipinski definition) is 2. The molecule has 0 aliphatic carbocycles. The summed E-state index contributed by atoms with van der Waals surface area (Å²) in [6.45, 7) is 14.9. The molecule has 0 atom stereocenters. The van der Waals surface area contributed by atoms with Crippen molar-refractivity contribution in [1.29, 1.82) is 0 Å². The summed E-state index contributed by atoms with van der Waals surface area (Å²) >= 11 is 0. The third kappa shape index (κ3) is 4.18. The first-order valence-corrected chi connectivity index (χ1v) is 11.5. The van der Waals surface area contributed by atoms with Gasteiger partial charge in [0.1, 0.15) is 0 Å². The van der Waals surface area contributed by atoms with Crippen LogP contribution in [0.25, 0.3) is 0 Å². The Balaban J connectivity index is 1.52. The maximum Gasteiger partial charge on any atom is 0.227 e. The Labute approximate surface area is 182 Å². The van der Waals surface area contributed by atoms with Crippen molar-refractivity contribution in [3.8, 4) is 0 Å². The van der Waals surface area contributed by atoms with E-state index in [0.717, 1.165) is 44.7 Å². The third-order valence-corrected chi connectivity index (χ3v) is 6.86. The Morgan fingerprint density at radius 3 is 2.27 bits per heavy atom. The summed E-state index contributed by atoms with van der Waals surface area (Å²) in [6.07, 6.45) is 2.88. The number of aryl methyl sites for hydroxylation is 3. The van der Waals surface area contributed by atoms with Crippen LogP contribution in [0.4, 0.5) is 5.69 Å². The van der Waals surface area contributed by atoms with Crippen molar-refractivity contribution in [3.05, 3.63) is 64.2 Å². The van der Waals surface area contributed by atoms with Crippen LogP contribution in [0.2, 0.25) is 0 Å². The normalized spacial score (nSPS) is 18.3. The molecule has 2 aromatic carbocycles. The summed E-state index contributed by atoms with van der Waals surface area (Å²) in [5.41, 5.74) is 8.09. The minimum atomic E-state index is 0.118. The molecule has 30 heavy (non-hydrogen) atoms. The summed E-state index contributed by atoms with van der Waals surface area (Å²) in [4.78, 5) is 17.7. The number of carbonyl (C=O) groups excluding carboxylic acids is 1. The predicted octanol–water partition coefficient (Wildman–Crippen LogP) is 5.54. The first-order valence-electron chi connectivity index (χ1n) is 11.5. The van der Waals surface area contributed by atoms with Crippen molar-refractivity contribution >= 4 is 11.6 Å². The highest BCUT2D eigenvalue weighted by Crippen LogP contribution is 2.47. The molecule has 1 amide bonds. The van der Waals surface area contributed by atoms with Crippen LogP contribution in [-0.2, 0) is 16.8 Å². The molecular weight excluding hydrogens is 368 g/mol. The van der Waals surface area contributed by atoms with Gasteiger partial charge in [0.2, 0.25) is 5.91 Å². The summed E-state index contributed by atoms with van der Waals surface area (Å²) in [6, 6.07) is 13.6. The second-order valence-corrected chi connectivity index (χ2v) is 10.2. The van der Waals surface area contributed by atoms with Crippen LogP contribution in [-0.4, -0.2) is 30.4 Å². The lowest BCUT2D eigenvalue weighted by Gasteiger charge is -2.40. The van der Waals surface area contributed by atoms with Crippen LogP contribution < -0.4 is 4.90 Å². The van der Waals surface area contributed by atoms with Crippen molar-refractivity contribution in [3.63, 3.8) is 0 Å². The van der Waals surface area contributed by atoms with Gasteiger partial charge in [0, 0.05) is 30.6 Å². The first-order chi connectivity index (χ1) is 14.3. The van der Waals surface area contributed by atoms with Gasteiger partial charge in [0.15, 0.2) is 0 Å². The van der Waals surface area contributed by atoms with Crippen LogP contribution in [0.3, 0.4) is 0 Å². The van der Waals surface area contributed by atoms with E-state index in [2.05, 4.69) is 80.8 Å². The van der Waals surface area contributed by atoms with Crippen molar-refractivity contribution in [1.82, 2.24) is 4.90 Å². The highest BCUT2D eigenvalue weighted by molar-refractivity contribution is 5.96. The Morgan fingerprint density at radius 1 is 0.967 bits per heavy atom. The molecule has 3 heteroatoms. The smallest absolute Gasteiger partial charge is 0.227 e. The molecular formula is C27H36N2O. The topological polar surface area (TPSA) is 23.6 Å². The SMILES string of the molecule is Cc1cc(C)cc(CN2CCC3(CC2)CN(C(=O)CC(C)C)c2ccc(C)cc23)c1. The highest BCUT2D eigenvalue weighted by Gasteiger charge is 2.46. The Bertz CT molecular complexity index is 918. The van der Waals surface area contributed by atoms with Crippen LogP contribution >= 0.6 is 0 Å². The maximum absolute atomic E-state index is 13.0. The molecule has 4 rings (SSSR count). The summed E-state index contributed by atoms with van der Waals surface area (Å²) in [5, 5.41) is 0. The van der Waals surface area contributed by atoms with Gasteiger partial charge in [-0.25, -0.2) is 0 Å². The van der Waals surface area contributed by atoms with Crippen molar-refractivity contribution in [2.75, 3.05) is 24.5 Å². The number of benzene rings is 2. The van der Waals surface area contributed by atoms with E-state index in [4.69, 9.17) is 0 Å². The van der Waals surface area contributed by atoms with Gasteiger partial charge >= 0.3 is 0 Å². The molecule has 0 radical (unpaired) electrons. The third-order valence-electron chi connectivity index (χ3n) is 6.86. The van der Waals surface area contributed by atoms with Crippen molar-refractivity contribution < 1.29 is 4.79 Å². The summed E-state index contributed by atoms with van der Waals surface area (Å²) in [5.74, 6) is 0.673. The Kier molecular flexibility index (Phi) is 5.76. The fourth-order valence-electron chi connectivity index (χ4n) is 5.45. The van der Waals surface area contributed by atoms with Crippen LogP contribution in [0.1, 0.15) is 60.9 Å². The van der Waals surface area contributed by atoms with Crippen LogP contribution in [0.5, 0.6) is 0 Å². The average Bonchev–Trinajstić information content (AvgIpc) is 2.96. The van der Waals surface area contributed by atoms with Gasteiger partial charge in [-0.2, -0.15) is 0 Å². The number of nitrogens with zero attached hydrogens (tertiary/aromatic N) is 2. The molecule has 2 aliphatic heterocycles. The van der Waals surface area contributed by atoms with E-state index in [0.29, 0.717) is 12.3 Å². The molecule has 1 spiro atoms. The van der Waals surface area contributed by atoms with Crippen molar-refractivity contribution in [2.45, 2.75) is 65.8 Å². The number of piperidine rings is 1. The number of hydrogen-bond donors (Lipinski definition) is 0. The van der Waals surface area contributed by atoms with Gasteiger partial charge in [0.25, 0.3) is 0 Å². The monoisotopic (exact) mass is 404 g/mol. The average molecular weight is 405 g/mol. The predicted molar refractivity (Wildman–Crippen MR) is 125 cm³/mol. The number of amides is 1. The molecule has 160 valence electrons. The zero-order valence-electron chi connectivity index (χ0n) is 19.3. The van der Waals surface area contributed by atoms with E-state index >= 15 is 0 Å². The fraction of sp³-hybridized carbons (Fsp3) is 0.519. The minimum absolute atomic E-state index is 0.118. The van der Waals surface area contributed by atoms with Crippen LogP contribution in [0.15, 0.2) is 36.4 Å². The Morgan fingerprint density at radius 2 is 1.63 bits per heavy atom. The molecule has 0 unspecified atom stereocenters. The summed E-state index contributed by atoms with van der Waals surface area (Å²) < 4.78 is 0. The number of fused-ring (bicyclic) bond motifs is 2. The second kappa shape index (κ2) is 8.19. The van der Waals surface area contributed by atoms with Gasteiger partial charge in [-0.05, 0) is 69.8 Å². The lowest BCUT2D eigenvalue weighted by atomic mass is 9.74. The maximum atomic E-state index is 13.0. The van der Waals surface area contributed by atoms with E-state index in [1.807, 2.05) is 0 Å². The van der Waals surface area contributed by atoms with Gasteiger partial charge in [-0.3, -0.25) is 9.69 Å². The molecule has 0 bridgehead atoms. The highest BCUT2D eigenvalue weighted by atomic mass is 16.2. The van der Waals surface area contributed by atoms with Gasteiger partial charge in [-0.1, -0.05) is 60.9 Å². The van der Waals surface area contributed by atoms with E-state index in [1.54, 1.807) is 0 Å². The standard InChI is InChI=1S/C27H36N2O/c1-19(2)12-26(30)29-18-27(24-16-20(3)6-7-25(24)29)8-10-28(11-9-27)17-23-14-21(4)13-22(5)15-23/h6-7,13-16,19H,8-12,17-18H2,1-5H3. The molecule has 2 aromatic rings. The second-order valence-electron chi connectivity index (χ2n) is 10.2. The van der Waals surface area contributed by atoms with E-state index in [-0.39, 0.29) is 11.3 Å². The molecule has 1 saturated heterocycles. The lowest BCUT2D eigenvalue weighted by Crippen LogP contribution is -2.45. The molecule has 2 aliphatic rings. The molecule has 0 aromatic heterocycles. The largest absolute Gasteiger partial charge is 0.311 e. The van der Waals surface area contributed by atoms with Crippen molar-refractivity contribution in [2.24, 2.45) is 5.92 Å². The van der Waals surface area contributed by atoms with E-state index in [9.17, 15) is 4.79 Å². The van der Waals surface area contributed by atoms with Gasteiger partial charge in [-0.15, -0.1) is 0 Å².